The number of hydrogen-bond donors (Lipinski definition) is 2. The van der Waals surface area contributed by atoms with Gasteiger partial charge in [-0.2, -0.15) is 0 Å². The molecule has 1 aliphatic heterocycles. The number of carbonyl (C=O) groups excluding carboxylic acids is 1. The maximum Gasteiger partial charge on any atom is 0.257 e. The lowest BCUT2D eigenvalue weighted by Crippen LogP contribution is -2.40. The zero-order valence-electron chi connectivity index (χ0n) is 12.0. The van der Waals surface area contributed by atoms with E-state index in [0.717, 1.165) is 19.6 Å². The zero-order valence-corrected chi connectivity index (χ0v) is 12.0. The van der Waals surface area contributed by atoms with Crippen LogP contribution in [-0.2, 0) is 4.79 Å². The fourth-order valence-electron chi connectivity index (χ4n) is 2.50. The number of likely N-dealkylation sites (tertiary alicyclic amines) is 1. The van der Waals surface area contributed by atoms with E-state index in [9.17, 15) is 4.79 Å². The molecular weight excluding hydrogens is 254 g/mol. The molecule has 1 saturated heterocycles. The third kappa shape index (κ3) is 4.74. The number of benzene rings is 1. The molecule has 5 heteroatoms. The van der Waals surface area contributed by atoms with Crippen LogP contribution < -0.4 is 15.8 Å². The van der Waals surface area contributed by atoms with Gasteiger partial charge in [-0.25, -0.2) is 0 Å². The number of nitrogen functional groups attached to an aromatic ring is 1. The quantitative estimate of drug-likeness (QED) is 0.791. The Kier molecular flexibility index (Phi) is 5.24. The molecule has 1 aromatic carbocycles. The van der Waals surface area contributed by atoms with Crippen molar-refractivity contribution in [3.8, 4) is 5.75 Å². The Morgan fingerprint density at radius 1 is 1.55 bits per heavy atom. The second kappa shape index (κ2) is 7.14. The lowest BCUT2D eigenvalue weighted by atomic mass is 9.98. The minimum Gasteiger partial charge on any atom is -0.484 e. The highest BCUT2D eigenvalue weighted by atomic mass is 16.5. The number of anilines is 1. The molecular formula is C15H23N3O2. The van der Waals surface area contributed by atoms with Crippen LogP contribution in [0.15, 0.2) is 24.3 Å². The summed E-state index contributed by atoms with van der Waals surface area (Å²) < 4.78 is 5.41. The van der Waals surface area contributed by atoms with Crippen molar-refractivity contribution in [3.63, 3.8) is 0 Å². The predicted molar refractivity (Wildman–Crippen MR) is 79.6 cm³/mol. The topological polar surface area (TPSA) is 67.6 Å². The molecule has 1 aliphatic rings. The highest BCUT2D eigenvalue weighted by Gasteiger charge is 2.17. The second-order valence-corrected chi connectivity index (χ2v) is 5.44. The standard InChI is InChI=1S/C15H23N3O2/c1-18-7-3-4-12(10-18)9-17-15(19)11-20-14-6-2-5-13(16)8-14/h2,5-6,8,12H,3-4,7,9-11,16H2,1H3,(H,17,19). The number of ether oxygens (including phenoxy) is 1. The van der Waals surface area contributed by atoms with E-state index >= 15 is 0 Å². The van der Waals surface area contributed by atoms with Crippen molar-refractivity contribution in [1.29, 1.82) is 0 Å². The Bertz CT molecular complexity index is 450. The van der Waals surface area contributed by atoms with E-state index in [2.05, 4.69) is 17.3 Å². The summed E-state index contributed by atoms with van der Waals surface area (Å²) >= 11 is 0. The first-order valence-corrected chi connectivity index (χ1v) is 7.07. The van der Waals surface area contributed by atoms with Gasteiger partial charge in [-0.3, -0.25) is 4.79 Å². The highest BCUT2D eigenvalue weighted by Crippen LogP contribution is 2.15. The van der Waals surface area contributed by atoms with Gasteiger partial charge in [-0.1, -0.05) is 6.07 Å². The van der Waals surface area contributed by atoms with Crippen molar-refractivity contribution in [2.24, 2.45) is 5.92 Å². The molecule has 1 fully saturated rings. The van der Waals surface area contributed by atoms with Gasteiger partial charge < -0.3 is 20.7 Å². The number of nitrogens with two attached hydrogens (primary N) is 1. The largest absolute Gasteiger partial charge is 0.484 e. The van der Waals surface area contributed by atoms with Crippen molar-refractivity contribution >= 4 is 11.6 Å². The second-order valence-electron chi connectivity index (χ2n) is 5.44. The van der Waals surface area contributed by atoms with Crippen molar-refractivity contribution in [2.75, 3.05) is 39.0 Å². The van der Waals surface area contributed by atoms with Gasteiger partial charge in [0.15, 0.2) is 6.61 Å². The van der Waals surface area contributed by atoms with Gasteiger partial charge >= 0.3 is 0 Å². The van der Waals surface area contributed by atoms with Gasteiger partial charge in [-0.05, 0) is 44.5 Å². The summed E-state index contributed by atoms with van der Waals surface area (Å²) in [5.74, 6) is 1.09. The number of nitrogens with one attached hydrogen (secondary N) is 1. The van der Waals surface area contributed by atoms with Crippen LogP contribution in [0.3, 0.4) is 0 Å². The first kappa shape index (κ1) is 14.7. The minimum atomic E-state index is -0.0827. The predicted octanol–water partition coefficient (Wildman–Crippen LogP) is 1.11. The summed E-state index contributed by atoms with van der Waals surface area (Å²) in [5.41, 5.74) is 6.28. The lowest BCUT2D eigenvalue weighted by molar-refractivity contribution is -0.123. The first-order chi connectivity index (χ1) is 9.63. The molecule has 1 unspecified atom stereocenters. The van der Waals surface area contributed by atoms with E-state index in [1.54, 1.807) is 24.3 Å². The summed E-state index contributed by atoms with van der Waals surface area (Å²) in [5, 5.41) is 2.94. The minimum absolute atomic E-state index is 0.0337. The molecule has 1 atom stereocenters. The van der Waals surface area contributed by atoms with Gasteiger partial charge in [-0.15, -0.1) is 0 Å². The molecule has 0 bridgehead atoms. The Balaban J connectivity index is 1.67. The van der Waals surface area contributed by atoms with Crippen LogP contribution in [0.2, 0.25) is 0 Å². The molecule has 0 radical (unpaired) electrons. The van der Waals surface area contributed by atoms with Crippen molar-refractivity contribution in [3.05, 3.63) is 24.3 Å². The molecule has 0 saturated carbocycles. The molecule has 0 aromatic heterocycles. The van der Waals surface area contributed by atoms with Gasteiger partial charge in [0.2, 0.25) is 0 Å². The van der Waals surface area contributed by atoms with Gasteiger partial charge in [0, 0.05) is 24.8 Å². The summed E-state index contributed by atoms with van der Waals surface area (Å²) in [4.78, 5) is 14.1. The molecule has 1 aromatic rings. The molecule has 20 heavy (non-hydrogen) atoms. The van der Waals surface area contributed by atoms with E-state index < -0.39 is 0 Å². The van der Waals surface area contributed by atoms with Crippen molar-refractivity contribution < 1.29 is 9.53 Å². The molecule has 0 spiro atoms. The first-order valence-electron chi connectivity index (χ1n) is 7.07. The highest BCUT2D eigenvalue weighted by molar-refractivity contribution is 5.77. The third-order valence-electron chi connectivity index (χ3n) is 3.54. The van der Waals surface area contributed by atoms with Crippen molar-refractivity contribution in [2.45, 2.75) is 12.8 Å². The number of rotatable bonds is 5. The third-order valence-corrected chi connectivity index (χ3v) is 3.54. The molecule has 1 amide bonds. The molecule has 1 heterocycles. The molecule has 5 nitrogen and oxygen atoms in total. The number of nitrogens with zero attached hydrogens (tertiary/aromatic N) is 1. The molecule has 3 N–H and O–H groups in total. The molecule has 2 rings (SSSR count). The van der Waals surface area contributed by atoms with Gasteiger partial charge in [0.25, 0.3) is 5.91 Å². The van der Waals surface area contributed by atoms with Crippen LogP contribution in [0.5, 0.6) is 5.75 Å². The van der Waals surface area contributed by atoms with E-state index in [1.165, 1.54) is 12.8 Å². The monoisotopic (exact) mass is 277 g/mol. The number of carbonyl (C=O) groups is 1. The average molecular weight is 277 g/mol. The summed E-state index contributed by atoms with van der Waals surface area (Å²) in [6.07, 6.45) is 2.39. The molecule has 0 aliphatic carbocycles. The summed E-state index contributed by atoms with van der Waals surface area (Å²) in [6.45, 7) is 2.97. The van der Waals surface area contributed by atoms with Crippen LogP contribution in [0.25, 0.3) is 0 Å². The SMILES string of the molecule is CN1CCCC(CNC(=O)COc2cccc(N)c2)C1. The fraction of sp³-hybridized carbons (Fsp3) is 0.533. The van der Waals surface area contributed by atoms with E-state index in [4.69, 9.17) is 10.5 Å². The zero-order chi connectivity index (χ0) is 14.4. The number of amides is 1. The Hall–Kier alpha value is -1.75. The Morgan fingerprint density at radius 3 is 3.15 bits per heavy atom. The van der Waals surface area contributed by atoms with Gasteiger partial charge in [0.05, 0.1) is 0 Å². The van der Waals surface area contributed by atoms with Crippen molar-refractivity contribution in [1.82, 2.24) is 10.2 Å². The summed E-state index contributed by atoms with van der Waals surface area (Å²) in [6, 6.07) is 7.09. The number of hydrogen-bond acceptors (Lipinski definition) is 4. The molecule has 110 valence electrons. The van der Waals surface area contributed by atoms with E-state index in [-0.39, 0.29) is 12.5 Å². The average Bonchev–Trinajstić information content (AvgIpc) is 2.43. The Morgan fingerprint density at radius 2 is 2.40 bits per heavy atom. The maximum atomic E-state index is 11.7. The van der Waals surface area contributed by atoms with Crippen LogP contribution in [-0.4, -0.2) is 44.1 Å². The van der Waals surface area contributed by atoms with E-state index in [0.29, 0.717) is 17.4 Å². The normalized spacial score (nSPS) is 19.6. The number of piperidine rings is 1. The van der Waals surface area contributed by atoms with E-state index in [1.807, 2.05) is 0 Å². The fourth-order valence-corrected chi connectivity index (χ4v) is 2.50. The van der Waals surface area contributed by atoms with Crippen LogP contribution in [0.4, 0.5) is 5.69 Å². The smallest absolute Gasteiger partial charge is 0.257 e. The van der Waals surface area contributed by atoms with Crippen LogP contribution in [0.1, 0.15) is 12.8 Å². The maximum absolute atomic E-state index is 11.7. The summed E-state index contributed by atoms with van der Waals surface area (Å²) in [7, 11) is 2.12. The van der Waals surface area contributed by atoms with Crippen LogP contribution >= 0.6 is 0 Å². The lowest BCUT2D eigenvalue weighted by Gasteiger charge is -2.29. The van der Waals surface area contributed by atoms with Gasteiger partial charge in [0.1, 0.15) is 5.75 Å². The van der Waals surface area contributed by atoms with Crippen LogP contribution in [0, 0.1) is 5.92 Å². The Labute approximate surface area is 120 Å².